The lowest BCUT2D eigenvalue weighted by atomic mass is 9.86. The van der Waals surface area contributed by atoms with Gasteiger partial charge in [-0.25, -0.2) is 0 Å². The number of likely N-dealkylation sites (tertiary alicyclic amines) is 1. The maximum atomic E-state index is 12.8. The summed E-state index contributed by atoms with van der Waals surface area (Å²) in [7, 11) is 1.77. The third-order valence-corrected chi connectivity index (χ3v) is 7.04. The van der Waals surface area contributed by atoms with E-state index in [1.807, 2.05) is 41.3 Å². The topological polar surface area (TPSA) is 69.3 Å². The van der Waals surface area contributed by atoms with Gasteiger partial charge in [-0.2, -0.15) is 5.10 Å². The number of carbonyl (C=O) groups excluding carboxylic acids is 2. The zero-order valence-electron chi connectivity index (χ0n) is 18.6. The fourth-order valence-corrected chi connectivity index (χ4v) is 5.00. The van der Waals surface area contributed by atoms with Crippen LogP contribution in [0.2, 0.25) is 0 Å². The van der Waals surface area contributed by atoms with E-state index in [-0.39, 0.29) is 5.91 Å². The molecule has 0 bridgehead atoms. The normalized spacial score (nSPS) is 18.2. The van der Waals surface area contributed by atoms with Crippen LogP contribution in [-0.4, -0.2) is 47.0 Å². The fourth-order valence-electron chi connectivity index (χ4n) is 5.00. The van der Waals surface area contributed by atoms with Crippen molar-refractivity contribution in [3.63, 3.8) is 0 Å². The van der Waals surface area contributed by atoms with Crippen LogP contribution < -0.4 is 4.90 Å². The van der Waals surface area contributed by atoms with Gasteiger partial charge in [0, 0.05) is 43.9 Å². The molecule has 0 radical (unpaired) electrons. The van der Waals surface area contributed by atoms with Crippen molar-refractivity contribution in [2.24, 2.45) is 5.92 Å². The first-order chi connectivity index (χ1) is 15.1. The molecule has 0 spiro atoms. The van der Waals surface area contributed by atoms with Crippen molar-refractivity contribution in [3.05, 3.63) is 47.8 Å². The minimum atomic E-state index is -0.121. The molecule has 166 valence electrons. The monoisotopic (exact) mass is 422 g/mol. The van der Waals surface area contributed by atoms with Crippen LogP contribution >= 0.6 is 0 Å². The molecule has 6 heteroatoms. The highest BCUT2D eigenvalue weighted by molar-refractivity contribution is 6.04. The molecule has 1 aromatic carbocycles. The Hall–Kier alpha value is -2.63. The van der Waals surface area contributed by atoms with Gasteiger partial charge in [0.2, 0.25) is 5.91 Å². The number of piperidine rings is 1. The number of amides is 2. The minimum absolute atomic E-state index is 0.121. The number of para-hydroxylation sites is 1. The van der Waals surface area contributed by atoms with Crippen molar-refractivity contribution in [1.82, 2.24) is 15.1 Å². The second-order valence-electron chi connectivity index (χ2n) is 9.11. The first-order valence-electron chi connectivity index (χ1n) is 11.8. The standard InChI is InChI=1S/C25H34N4O2/c1-28(21-10-6-3-7-11-21)25(31)23-18-22(26-27-23)20-14-16-29(17-15-20)24(30)13-12-19-8-4-2-5-9-19/h3,6-7,10-11,18-20H,2,4-5,8-9,12-17H2,1H3,(H,26,27). The van der Waals surface area contributed by atoms with Crippen LogP contribution in [0.25, 0.3) is 0 Å². The molecule has 2 aromatic rings. The third kappa shape index (κ3) is 5.35. The molecule has 0 atom stereocenters. The molecule has 2 heterocycles. The summed E-state index contributed by atoms with van der Waals surface area (Å²) in [6.07, 6.45) is 10.2. The Morgan fingerprint density at radius 3 is 2.48 bits per heavy atom. The lowest BCUT2D eigenvalue weighted by Crippen LogP contribution is -2.38. The van der Waals surface area contributed by atoms with Crippen molar-refractivity contribution in [2.75, 3.05) is 25.0 Å². The van der Waals surface area contributed by atoms with Crippen molar-refractivity contribution < 1.29 is 9.59 Å². The van der Waals surface area contributed by atoms with E-state index in [2.05, 4.69) is 10.2 Å². The molecule has 6 nitrogen and oxygen atoms in total. The average molecular weight is 423 g/mol. The molecule has 1 aliphatic heterocycles. The lowest BCUT2D eigenvalue weighted by Gasteiger charge is -2.32. The second-order valence-corrected chi connectivity index (χ2v) is 9.11. The smallest absolute Gasteiger partial charge is 0.278 e. The van der Waals surface area contributed by atoms with E-state index in [0.717, 1.165) is 49.7 Å². The van der Waals surface area contributed by atoms with Crippen molar-refractivity contribution in [2.45, 2.75) is 63.7 Å². The van der Waals surface area contributed by atoms with E-state index in [1.54, 1.807) is 11.9 Å². The molecule has 0 unspecified atom stereocenters. The van der Waals surface area contributed by atoms with Gasteiger partial charge in [0.25, 0.3) is 5.91 Å². The number of nitrogens with one attached hydrogen (secondary N) is 1. The number of aromatic nitrogens is 2. The van der Waals surface area contributed by atoms with Crippen LogP contribution in [0.15, 0.2) is 36.4 Å². The highest BCUT2D eigenvalue weighted by Crippen LogP contribution is 2.30. The van der Waals surface area contributed by atoms with Crippen molar-refractivity contribution in [1.29, 1.82) is 0 Å². The van der Waals surface area contributed by atoms with Crippen LogP contribution in [-0.2, 0) is 4.79 Å². The predicted molar refractivity (Wildman–Crippen MR) is 122 cm³/mol. The van der Waals surface area contributed by atoms with E-state index in [0.29, 0.717) is 23.9 Å². The molecule has 1 aliphatic carbocycles. The fraction of sp³-hybridized carbons (Fsp3) is 0.560. The van der Waals surface area contributed by atoms with E-state index in [1.165, 1.54) is 32.1 Å². The molecule has 4 rings (SSSR count). The Morgan fingerprint density at radius 1 is 1.06 bits per heavy atom. The van der Waals surface area contributed by atoms with Crippen molar-refractivity contribution in [3.8, 4) is 0 Å². The maximum absolute atomic E-state index is 12.8. The number of rotatable bonds is 6. The molecule has 31 heavy (non-hydrogen) atoms. The number of hydrogen-bond acceptors (Lipinski definition) is 3. The number of H-pyrrole nitrogens is 1. The molecule has 1 aromatic heterocycles. The number of nitrogens with zero attached hydrogens (tertiary/aromatic N) is 3. The van der Waals surface area contributed by atoms with E-state index in [9.17, 15) is 9.59 Å². The number of benzene rings is 1. The third-order valence-electron chi connectivity index (χ3n) is 7.04. The predicted octanol–water partition coefficient (Wildman–Crippen LogP) is 4.75. The molecular formula is C25H34N4O2. The Labute approximate surface area is 185 Å². The average Bonchev–Trinajstić information content (AvgIpc) is 3.33. The summed E-state index contributed by atoms with van der Waals surface area (Å²) in [6, 6.07) is 11.5. The molecule has 2 amide bonds. The van der Waals surface area contributed by atoms with E-state index < -0.39 is 0 Å². The second kappa shape index (κ2) is 10.1. The minimum Gasteiger partial charge on any atom is -0.343 e. The Morgan fingerprint density at radius 2 is 1.77 bits per heavy atom. The number of carbonyl (C=O) groups is 2. The van der Waals surface area contributed by atoms with Crippen LogP contribution in [0.5, 0.6) is 0 Å². The summed E-state index contributed by atoms with van der Waals surface area (Å²) in [5.41, 5.74) is 2.28. The van der Waals surface area contributed by atoms with Crippen molar-refractivity contribution >= 4 is 17.5 Å². The Bertz CT molecular complexity index is 865. The van der Waals surface area contributed by atoms with Gasteiger partial charge < -0.3 is 9.80 Å². The number of hydrogen-bond donors (Lipinski definition) is 1. The van der Waals surface area contributed by atoms with Crippen LogP contribution in [0, 0.1) is 5.92 Å². The zero-order valence-corrected chi connectivity index (χ0v) is 18.6. The van der Waals surface area contributed by atoms with E-state index >= 15 is 0 Å². The summed E-state index contributed by atoms with van der Waals surface area (Å²) in [5.74, 6) is 1.27. The largest absolute Gasteiger partial charge is 0.343 e. The van der Waals surface area contributed by atoms with Gasteiger partial charge >= 0.3 is 0 Å². The Balaban J connectivity index is 1.27. The van der Waals surface area contributed by atoms with E-state index in [4.69, 9.17) is 0 Å². The maximum Gasteiger partial charge on any atom is 0.278 e. The molecular weight excluding hydrogens is 388 g/mol. The van der Waals surface area contributed by atoms with Crippen LogP contribution in [0.4, 0.5) is 5.69 Å². The number of anilines is 1. The molecule has 2 fully saturated rings. The first kappa shape index (κ1) is 21.6. The zero-order chi connectivity index (χ0) is 21.6. The summed E-state index contributed by atoms with van der Waals surface area (Å²) >= 11 is 0. The SMILES string of the molecule is CN(C(=O)c1cc(C2CCN(C(=O)CCC3CCCCC3)CC2)[nH]n1)c1ccccc1. The summed E-state index contributed by atoms with van der Waals surface area (Å²) < 4.78 is 0. The first-order valence-corrected chi connectivity index (χ1v) is 11.8. The molecule has 1 saturated heterocycles. The van der Waals surface area contributed by atoms with Gasteiger partial charge in [-0.15, -0.1) is 0 Å². The summed E-state index contributed by atoms with van der Waals surface area (Å²) in [4.78, 5) is 29.1. The number of aromatic amines is 1. The molecule has 2 aliphatic rings. The van der Waals surface area contributed by atoms with Gasteiger partial charge in [-0.05, 0) is 43.4 Å². The van der Waals surface area contributed by atoms with Gasteiger partial charge in [0.05, 0.1) is 0 Å². The summed E-state index contributed by atoms with van der Waals surface area (Å²) in [6.45, 7) is 1.58. The quantitative estimate of drug-likeness (QED) is 0.730. The summed E-state index contributed by atoms with van der Waals surface area (Å²) in [5, 5.41) is 7.35. The van der Waals surface area contributed by atoms with Gasteiger partial charge in [-0.3, -0.25) is 14.7 Å². The molecule has 1 saturated carbocycles. The lowest BCUT2D eigenvalue weighted by molar-refractivity contribution is -0.132. The molecule has 1 N–H and O–H groups in total. The van der Waals surface area contributed by atoms with Crippen LogP contribution in [0.1, 0.15) is 79.9 Å². The highest BCUT2D eigenvalue weighted by Gasteiger charge is 2.27. The van der Waals surface area contributed by atoms with Crippen LogP contribution in [0.3, 0.4) is 0 Å². The van der Waals surface area contributed by atoms with Gasteiger partial charge in [0.15, 0.2) is 5.69 Å². The van der Waals surface area contributed by atoms with Gasteiger partial charge in [-0.1, -0.05) is 50.3 Å². The van der Waals surface area contributed by atoms with Gasteiger partial charge in [0.1, 0.15) is 0 Å². The highest BCUT2D eigenvalue weighted by atomic mass is 16.2. The Kier molecular flexibility index (Phi) is 7.05.